The summed E-state index contributed by atoms with van der Waals surface area (Å²) in [6.07, 6.45) is 3.13. The zero-order chi connectivity index (χ0) is 16.1. The van der Waals surface area contributed by atoms with Crippen LogP contribution in [-0.2, 0) is 4.79 Å². The molecule has 0 atom stereocenters. The van der Waals surface area contributed by atoms with E-state index >= 15 is 0 Å². The normalized spacial score (nSPS) is 21.0. The van der Waals surface area contributed by atoms with Gasteiger partial charge in [-0.05, 0) is 43.9 Å². The number of aliphatic carboxylic acids is 1. The van der Waals surface area contributed by atoms with Crippen molar-refractivity contribution in [3.8, 4) is 0 Å². The Kier molecular flexibility index (Phi) is 5.25. The van der Waals surface area contributed by atoms with Crippen molar-refractivity contribution in [2.45, 2.75) is 31.7 Å². The molecule has 22 heavy (non-hydrogen) atoms. The summed E-state index contributed by atoms with van der Waals surface area (Å²) in [4.78, 5) is 24.1. The second kappa shape index (κ2) is 7.15. The Balaban J connectivity index is 1.91. The van der Waals surface area contributed by atoms with E-state index in [9.17, 15) is 9.59 Å². The minimum absolute atomic E-state index is 0.167. The molecule has 0 radical (unpaired) electrons. The summed E-state index contributed by atoms with van der Waals surface area (Å²) in [7, 11) is 3.39. The van der Waals surface area contributed by atoms with Crippen molar-refractivity contribution in [3.63, 3.8) is 0 Å². The quantitative estimate of drug-likeness (QED) is 0.799. The number of carboxylic acid groups (broad SMARTS) is 1. The number of benzene rings is 1. The van der Waals surface area contributed by atoms with Crippen LogP contribution in [0.5, 0.6) is 0 Å². The maximum Gasteiger partial charge on any atom is 0.321 e. The summed E-state index contributed by atoms with van der Waals surface area (Å²) in [6.45, 7) is 0. The van der Waals surface area contributed by atoms with E-state index in [2.05, 4.69) is 10.6 Å². The fourth-order valence-corrected chi connectivity index (χ4v) is 2.64. The third-order valence-electron chi connectivity index (χ3n) is 3.97. The number of hydrogen-bond acceptors (Lipinski definition) is 3. The maximum absolute atomic E-state index is 11.7. The van der Waals surface area contributed by atoms with Crippen molar-refractivity contribution in [3.05, 3.63) is 24.3 Å². The largest absolute Gasteiger partial charge is 0.481 e. The molecular formula is C16H23N3O3. The summed E-state index contributed by atoms with van der Waals surface area (Å²) in [6, 6.07) is 7.69. The highest BCUT2D eigenvalue weighted by Gasteiger charge is 2.25. The molecular weight excluding hydrogens is 282 g/mol. The SMILES string of the molecule is CN(C)C(=O)Nc1cccc(NC2CCC(C(=O)O)CC2)c1. The Morgan fingerprint density at radius 2 is 1.77 bits per heavy atom. The lowest BCUT2D eigenvalue weighted by atomic mass is 9.86. The van der Waals surface area contributed by atoms with Crippen molar-refractivity contribution in [2.24, 2.45) is 5.92 Å². The number of hydrogen-bond donors (Lipinski definition) is 3. The molecule has 6 nitrogen and oxygen atoms in total. The van der Waals surface area contributed by atoms with Gasteiger partial charge in [0.05, 0.1) is 5.92 Å². The third-order valence-corrected chi connectivity index (χ3v) is 3.97. The van der Waals surface area contributed by atoms with E-state index in [4.69, 9.17) is 5.11 Å². The van der Waals surface area contributed by atoms with Crippen molar-refractivity contribution < 1.29 is 14.7 Å². The van der Waals surface area contributed by atoms with Crippen LogP contribution in [0, 0.1) is 5.92 Å². The van der Waals surface area contributed by atoms with E-state index in [1.807, 2.05) is 24.3 Å². The lowest BCUT2D eigenvalue weighted by Gasteiger charge is -2.27. The molecule has 120 valence electrons. The van der Waals surface area contributed by atoms with E-state index < -0.39 is 5.97 Å². The zero-order valence-electron chi connectivity index (χ0n) is 13.0. The molecule has 1 aliphatic rings. The van der Waals surface area contributed by atoms with Crippen LogP contribution in [0.1, 0.15) is 25.7 Å². The van der Waals surface area contributed by atoms with Crippen molar-refractivity contribution in [2.75, 3.05) is 24.7 Å². The molecule has 0 spiro atoms. The van der Waals surface area contributed by atoms with Crippen LogP contribution in [0.4, 0.5) is 16.2 Å². The monoisotopic (exact) mass is 305 g/mol. The van der Waals surface area contributed by atoms with Crippen LogP contribution in [-0.4, -0.2) is 42.1 Å². The predicted octanol–water partition coefficient (Wildman–Crippen LogP) is 2.84. The average Bonchev–Trinajstić information content (AvgIpc) is 2.48. The molecule has 0 unspecified atom stereocenters. The van der Waals surface area contributed by atoms with Crippen LogP contribution in [0.25, 0.3) is 0 Å². The standard InChI is InChI=1S/C16H23N3O3/c1-19(2)16(22)18-14-5-3-4-13(10-14)17-12-8-6-11(7-9-12)15(20)21/h3-5,10-12,17H,6-9H2,1-2H3,(H,18,22)(H,20,21). The van der Waals surface area contributed by atoms with Gasteiger partial charge < -0.3 is 20.6 Å². The van der Waals surface area contributed by atoms with Gasteiger partial charge in [0.25, 0.3) is 0 Å². The predicted molar refractivity (Wildman–Crippen MR) is 86.2 cm³/mol. The number of carbonyl (C=O) groups is 2. The number of nitrogens with one attached hydrogen (secondary N) is 2. The molecule has 0 saturated heterocycles. The summed E-state index contributed by atoms with van der Waals surface area (Å²) < 4.78 is 0. The molecule has 1 aliphatic carbocycles. The molecule has 0 heterocycles. The van der Waals surface area contributed by atoms with Gasteiger partial charge in [-0.2, -0.15) is 0 Å². The maximum atomic E-state index is 11.7. The molecule has 0 bridgehead atoms. The molecule has 0 aromatic heterocycles. The molecule has 2 amide bonds. The molecule has 1 fully saturated rings. The zero-order valence-corrected chi connectivity index (χ0v) is 13.0. The summed E-state index contributed by atoms with van der Waals surface area (Å²) >= 11 is 0. The van der Waals surface area contributed by atoms with Gasteiger partial charge in [0, 0.05) is 31.5 Å². The lowest BCUT2D eigenvalue weighted by Crippen LogP contribution is -2.29. The second-order valence-electron chi connectivity index (χ2n) is 5.94. The minimum atomic E-state index is -0.688. The molecule has 1 aromatic carbocycles. The van der Waals surface area contributed by atoms with Gasteiger partial charge in [0.15, 0.2) is 0 Å². The number of carboxylic acids is 1. The first kappa shape index (κ1) is 16.1. The second-order valence-corrected chi connectivity index (χ2v) is 5.94. The highest BCUT2D eigenvalue weighted by molar-refractivity contribution is 5.89. The van der Waals surface area contributed by atoms with Crippen LogP contribution in [0.15, 0.2) is 24.3 Å². The topological polar surface area (TPSA) is 81.7 Å². The van der Waals surface area contributed by atoms with Crippen molar-refractivity contribution >= 4 is 23.4 Å². The first-order chi connectivity index (χ1) is 10.5. The smallest absolute Gasteiger partial charge is 0.321 e. The van der Waals surface area contributed by atoms with Gasteiger partial charge in [-0.3, -0.25) is 4.79 Å². The fraction of sp³-hybridized carbons (Fsp3) is 0.500. The Bertz CT molecular complexity index is 537. The lowest BCUT2D eigenvalue weighted by molar-refractivity contribution is -0.142. The molecule has 0 aliphatic heterocycles. The first-order valence-corrected chi connectivity index (χ1v) is 7.53. The summed E-state index contributed by atoms with van der Waals surface area (Å²) in [5.41, 5.74) is 1.68. The van der Waals surface area contributed by atoms with E-state index in [1.165, 1.54) is 4.90 Å². The van der Waals surface area contributed by atoms with Gasteiger partial charge in [-0.25, -0.2) is 4.79 Å². The summed E-state index contributed by atoms with van der Waals surface area (Å²) in [5.74, 6) is -0.893. The van der Waals surface area contributed by atoms with Gasteiger partial charge in [-0.15, -0.1) is 0 Å². The number of nitrogens with zero attached hydrogens (tertiary/aromatic N) is 1. The number of rotatable bonds is 4. The number of carbonyl (C=O) groups excluding carboxylic acids is 1. The van der Waals surface area contributed by atoms with Crippen LogP contribution < -0.4 is 10.6 Å². The average molecular weight is 305 g/mol. The van der Waals surface area contributed by atoms with Crippen molar-refractivity contribution in [1.29, 1.82) is 0 Å². The molecule has 1 saturated carbocycles. The molecule has 1 aromatic rings. The summed E-state index contributed by atoms with van der Waals surface area (Å²) in [5, 5.41) is 15.3. The third kappa shape index (κ3) is 4.38. The van der Waals surface area contributed by atoms with Gasteiger partial charge in [0.2, 0.25) is 0 Å². The van der Waals surface area contributed by atoms with Gasteiger partial charge >= 0.3 is 12.0 Å². The van der Waals surface area contributed by atoms with Crippen LogP contribution >= 0.6 is 0 Å². The Morgan fingerprint density at radius 1 is 1.14 bits per heavy atom. The van der Waals surface area contributed by atoms with Crippen molar-refractivity contribution in [1.82, 2.24) is 4.90 Å². The van der Waals surface area contributed by atoms with E-state index in [0.29, 0.717) is 12.8 Å². The van der Waals surface area contributed by atoms with Gasteiger partial charge in [0.1, 0.15) is 0 Å². The highest BCUT2D eigenvalue weighted by atomic mass is 16.4. The molecule has 6 heteroatoms. The van der Waals surface area contributed by atoms with E-state index in [-0.39, 0.29) is 18.0 Å². The number of urea groups is 1. The van der Waals surface area contributed by atoms with Gasteiger partial charge in [-0.1, -0.05) is 6.07 Å². The van der Waals surface area contributed by atoms with Crippen LogP contribution in [0.2, 0.25) is 0 Å². The Morgan fingerprint density at radius 3 is 2.36 bits per heavy atom. The number of anilines is 2. The Labute approximate surface area is 130 Å². The minimum Gasteiger partial charge on any atom is -0.481 e. The highest BCUT2D eigenvalue weighted by Crippen LogP contribution is 2.27. The fourth-order valence-electron chi connectivity index (χ4n) is 2.64. The molecule has 2 rings (SSSR count). The van der Waals surface area contributed by atoms with E-state index in [1.54, 1.807) is 14.1 Å². The van der Waals surface area contributed by atoms with E-state index in [0.717, 1.165) is 24.2 Å². The van der Waals surface area contributed by atoms with Crippen LogP contribution in [0.3, 0.4) is 0 Å². The Hall–Kier alpha value is -2.24. The first-order valence-electron chi connectivity index (χ1n) is 7.53. The number of amides is 2. The molecule has 3 N–H and O–H groups in total.